The number of esters is 1. The van der Waals surface area contributed by atoms with Gasteiger partial charge in [-0.15, -0.1) is 47.0 Å². The fourth-order valence-corrected chi connectivity index (χ4v) is 8.40. The maximum atomic E-state index is 12.5. The van der Waals surface area contributed by atoms with Crippen LogP contribution < -0.4 is 19.5 Å². The fourth-order valence-electron chi connectivity index (χ4n) is 6.00. The molecule has 0 spiro atoms. The number of aryl methyl sites for hydroxylation is 5. The van der Waals surface area contributed by atoms with Crippen molar-refractivity contribution in [1.82, 2.24) is 0 Å². The van der Waals surface area contributed by atoms with Crippen molar-refractivity contribution in [3.05, 3.63) is 167 Å². The molecule has 6 aromatic rings. The third-order valence-electron chi connectivity index (χ3n) is 9.84. The van der Waals surface area contributed by atoms with Crippen LogP contribution in [0.3, 0.4) is 0 Å². The molecule has 7 nitrogen and oxygen atoms in total. The molecule has 67 heavy (non-hydrogen) atoms. The van der Waals surface area contributed by atoms with Crippen molar-refractivity contribution in [2.75, 3.05) is 51.2 Å². The van der Waals surface area contributed by atoms with Crippen LogP contribution in [0.2, 0.25) is 0 Å². The molecule has 0 aliphatic heterocycles. The van der Waals surface area contributed by atoms with Gasteiger partial charge in [0, 0.05) is 19.6 Å². The van der Waals surface area contributed by atoms with Gasteiger partial charge in [0.2, 0.25) is 0 Å². The van der Waals surface area contributed by atoms with Crippen LogP contribution in [-0.4, -0.2) is 63.8 Å². The lowest BCUT2D eigenvalue weighted by atomic mass is 10.1. The van der Waals surface area contributed by atoms with Gasteiger partial charge >= 0.3 is 5.97 Å². The molecule has 1 unspecified atom stereocenters. The number of thioether (sulfide) groups is 4. The number of hydrogen-bond acceptors (Lipinski definition) is 10. The second-order valence-electron chi connectivity index (χ2n) is 15.0. The number of rotatable bonds is 15. The van der Waals surface area contributed by atoms with Crippen molar-refractivity contribution in [2.24, 2.45) is 0 Å². The van der Waals surface area contributed by atoms with Gasteiger partial charge in [-0.05, 0) is 161 Å². The monoisotopic (exact) mass is 981 g/mol. The highest BCUT2D eigenvalue weighted by Gasteiger charge is 2.20. The van der Waals surface area contributed by atoms with E-state index in [4.69, 9.17) is 14.2 Å². The Bertz CT molecular complexity index is 2310. The molecule has 1 N–H and O–H groups in total. The molecule has 6 rings (SSSR count). The Morgan fingerprint density at radius 3 is 1.54 bits per heavy atom. The summed E-state index contributed by atoms with van der Waals surface area (Å²) in [6.07, 6.45) is 10.7. The Morgan fingerprint density at radius 2 is 1.07 bits per heavy atom. The number of hydrogen-bond donors (Lipinski definition) is 1. The van der Waals surface area contributed by atoms with Crippen LogP contribution in [0.5, 0.6) is 17.2 Å². The van der Waals surface area contributed by atoms with Gasteiger partial charge in [0.1, 0.15) is 17.2 Å². The van der Waals surface area contributed by atoms with Crippen LogP contribution >= 0.6 is 47.0 Å². The van der Waals surface area contributed by atoms with E-state index in [1.807, 2.05) is 63.4 Å². The summed E-state index contributed by atoms with van der Waals surface area (Å²) in [6, 6.07) is 43.7. The molecule has 0 fully saturated rings. The van der Waals surface area contributed by atoms with Gasteiger partial charge in [0.25, 0.3) is 5.91 Å². The topological polar surface area (TPSA) is 83.1 Å². The van der Waals surface area contributed by atoms with Gasteiger partial charge in [-0.2, -0.15) is 0 Å². The fraction of sp³-hybridized carbons (Fsp3) is 0.321. The largest absolute Gasteiger partial charge is 0.497 e. The minimum Gasteiger partial charge on any atom is -0.497 e. The van der Waals surface area contributed by atoms with Crippen molar-refractivity contribution in [3.8, 4) is 17.2 Å². The van der Waals surface area contributed by atoms with Crippen molar-refractivity contribution >= 4 is 64.6 Å². The average molecular weight is 982 g/mol. The summed E-state index contributed by atoms with van der Waals surface area (Å²) >= 11 is 6.94. The zero-order valence-corrected chi connectivity index (χ0v) is 45.0. The molecule has 6 aromatic carbocycles. The first-order chi connectivity index (χ1) is 32.3. The third kappa shape index (κ3) is 21.7. The summed E-state index contributed by atoms with van der Waals surface area (Å²) in [7, 11) is 2.93. The van der Waals surface area contributed by atoms with Gasteiger partial charge in [-0.1, -0.05) is 92.6 Å². The Morgan fingerprint density at radius 1 is 0.567 bits per heavy atom. The Hall–Kier alpha value is -4.94. The summed E-state index contributed by atoms with van der Waals surface area (Å²) in [6.45, 7) is 15.4. The summed E-state index contributed by atoms with van der Waals surface area (Å²) in [5, 5.41) is 2.98. The third-order valence-corrected chi connectivity index (χ3v) is 13.2. The molecule has 0 radical (unpaired) electrons. The molecule has 0 heterocycles. The predicted octanol–water partition coefficient (Wildman–Crippen LogP) is 15.6. The molecule has 1 atom stereocenters. The number of para-hydroxylation sites is 1. The van der Waals surface area contributed by atoms with Gasteiger partial charge in [-0.25, -0.2) is 4.79 Å². The molecular formula is C56H71NO6S4. The Kier molecular flexibility index (Phi) is 29.1. The molecule has 0 saturated carbocycles. The lowest BCUT2D eigenvalue weighted by Gasteiger charge is -2.19. The predicted molar refractivity (Wildman–Crippen MR) is 291 cm³/mol. The van der Waals surface area contributed by atoms with Crippen molar-refractivity contribution in [1.29, 1.82) is 0 Å². The van der Waals surface area contributed by atoms with Crippen molar-refractivity contribution in [2.45, 2.75) is 93.4 Å². The number of anilines is 1. The smallest absolute Gasteiger partial charge is 0.337 e. The van der Waals surface area contributed by atoms with Crippen molar-refractivity contribution < 1.29 is 28.5 Å². The number of methoxy groups -OCH3 is 2. The van der Waals surface area contributed by atoms with E-state index in [0.29, 0.717) is 12.0 Å². The van der Waals surface area contributed by atoms with E-state index in [1.54, 1.807) is 78.4 Å². The van der Waals surface area contributed by atoms with Crippen molar-refractivity contribution in [3.63, 3.8) is 0 Å². The van der Waals surface area contributed by atoms with E-state index >= 15 is 0 Å². The maximum Gasteiger partial charge on any atom is 0.337 e. The van der Waals surface area contributed by atoms with Crippen LogP contribution in [0.4, 0.5) is 5.69 Å². The highest BCUT2D eigenvalue weighted by Crippen LogP contribution is 2.29. The van der Waals surface area contributed by atoms with E-state index < -0.39 is 6.10 Å². The normalized spacial score (nSPS) is 10.4. The molecule has 0 aliphatic carbocycles. The van der Waals surface area contributed by atoms with Crippen LogP contribution in [-0.2, 0) is 9.53 Å². The highest BCUT2D eigenvalue weighted by atomic mass is 32.2. The van der Waals surface area contributed by atoms with Gasteiger partial charge in [0.05, 0.1) is 32.1 Å². The standard InChI is InChI=1S/C19H23NO2S.C12H18OS.C9H10O3.2C8H10S/c1-5-16(22-17-11-10-13(2)12-14(17)3)19(21)20-15-8-6-7-9-18(15)23-4;1-4-5-8-13-11-7-6-10(2)9-12(11)14-3;1-11-8-5-3-7(4-6-8)9(10)12-2;2*1-7-5-3-4-6-8(7)9-2/h6-12,16H,5H2,1-4H3,(H,20,21);6-7,9H,4-5,8H2,1-3H3;3-6H,1-2H3;2*3-6H,1-2H3. The number of carbonyl (C=O) groups excluding carboxylic acids is 2. The van der Waals surface area contributed by atoms with Gasteiger partial charge in [-0.3, -0.25) is 4.79 Å². The number of nitrogens with one attached hydrogen (secondary N) is 1. The Labute approximate surface area is 419 Å². The van der Waals surface area contributed by atoms with Crippen LogP contribution in [0.15, 0.2) is 153 Å². The van der Waals surface area contributed by atoms with E-state index in [-0.39, 0.29) is 11.9 Å². The zero-order chi connectivity index (χ0) is 49.6. The quantitative estimate of drug-likeness (QED) is 0.0610. The maximum absolute atomic E-state index is 12.5. The van der Waals surface area contributed by atoms with Gasteiger partial charge < -0.3 is 24.3 Å². The van der Waals surface area contributed by atoms with E-state index in [1.165, 1.54) is 50.5 Å². The summed E-state index contributed by atoms with van der Waals surface area (Å²) in [4.78, 5) is 28.5. The molecule has 0 bridgehead atoms. The first-order valence-corrected chi connectivity index (χ1v) is 27.1. The second kappa shape index (κ2) is 33.5. The molecule has 0 aromatic heterocycles. The summed E-state index contributed by atoms with van der Waals surface area (Å²) in [5.74, 6) is 2.06. The summed E-state index contributed by atoms with van der Waals surface area (Å²) in [5.41, 5.74) is 7.60. The molecule has 0 aliphatic rings. The lowest BCUT2D eigenvalue weighted by molar-refractivity contribution is -0.122. The number of benzene rings is 6. The molecule has 0 saturated heterocycles. The van der Waals surface area contributed by atoms with E-state index in [2.05, 4.69) is 129 Å². The second-order valence-corrected chi connectivity index (χ2v) is 18.4. The van der Waals surface area contributed by atoms with Crippen LogP contribution in [0.25, 0.3) is 0 Å². The van der Waals surface area contributed by atoms with E-state index in [0.717, 1.165) is 46.4 Å². The number of amides is 1. The van der Waals surface area contributed by atoms with Crippen LogP contribution in [0, 0.1) is 34.6 Å². The van der Waals surface area contributed by atoms with Gasteiger partial charge in [0.15, 0.2) is 6.10 Å². The molecular weight excluding hydrogens is 911 g/mol. The average Bonchev–Trinajstić information content (AvgIpc) is 3.35. The number of carbonyl (C=O) groups is 2. The minimum atomic E-state index is -0.508. The zero-order valence-electron chi connectivity index (χ0n) is 41.7. The lowest BCUT2D eigenvalue weighted by Crippen LogP contribution is -2.32. The first-order valence-electron chi connectivity index (χ1n) is 22.2. The molecule has 1 amide bonds. The first kappa shape index (κ1) is 58.2. The SMILES string of the molecule is CCC(Oc1ccc(C)cc1C)C(=O)Nc1ccccc1SC.CCCCOc1ccc(C)cc1SC.COC(=O)c1ccc(OC)cc1.CSc1ccccc1C.CSc1ccccc1C. The molecule has 11 heteroatoms. The summed E-state index contributed by atoms with van der Waals surface area (Å²) < 4.78 is 21.1. The van der Waals surface area contributed by atoms with E-state index in [9.17, 15) is 9.59 Å². The molecule has 360 valence electrons. The highest BCUT2D eigenvalue weighted by molar-refractivity contribution is 7.99. The number of unbranched alkanes of at least 4 members (excludes halogenated alkanes) is 1. The van der Waals surface area contributed by atoms with Crippen LogP contribution in [0.1, 0.15) is 71.3 Å². The number of ether oxygens (including phenoxy) is 4. The Balaban J connectivity index is 0.000000303. The minimum absolute atomic E-state index is 0.117.